The van der Waals surface area contributed by atoms with Gasteiger partial charge in [0.15, 0.2) is 0 Å². The number of hydrogen-bond donors (Lipinski definition) is 0. The van der Waals surface area contributed by atoms with E-state index in [9.17, 15) is 4.79 Å². The Morgan fingerprint density at radius 1 is 0.851 bits per heavy atom. The lowest BCUT2D eigenvalue weighted by molar-refractivity contribution is -0.0233. The normalized spacial score (nSPS) is 14.8. The fourth-order valence-electron chi connectivity index (χ4n) is 5.34. The number of azide groups is 1. The molecule has 0 radical (unpaired) electrons. The first-order valence-electron chi connectivity index (χ1n) is 16.5. The minimum Gasteiger partial charge on any atom is -0.444 e. The highest BCUT2D eigenvalue weighted by Crippen LogP contribution is 2.34. The Hall–Kier alpha value is -4.15. The Morgan fingerprint density at radius 2 is 1.32 bits per heavy atom. The summed E-state index contributed by atoms with van der Waals surface area (Å²) in [6.07, 6.45) is 1.46. The Balaban J connectivity index is 0.000000252. The van der Waals surface area contributed by atoms with Gasteiger partial charge in [-0.2, -0.15) is 0 Å². The number of carbonyl (C=O) groups excluding carboxylic acids is 1. The lowest BCUT2D eigenvalue weighted by Crippen LogP contribution is -2.44. The molecule has 1 aliphatic rings. The lowest BCUT2D eigenvalue weighted by Gasteiger charge is -2.37. The monoisotopic (exact) mass is 652 g/mol. The molecule has 47 heavy (non-hydrogen) atoms. The molecule has 1 fully saturated rings. The van der Waals surface area contributed by atoms with Crippen molar-refractivity contribution in [3.63, 3.8) is 0 Å². The van der Waals surface area contributed by atoms with Crippen LogP contribution >= 0.6 is 7.92 Å². The smallest absolute Gasteiger partial charge is 0.410 e. The summed E-state index contributed by atoms with van der Waals surface area (Å²) in [4.78, 5) is 17.0. The third-order valence-electron chi connectivity index (χ3n) is 7.26. The summed E-state index contributed by atoms with van der Waals surface area (Å²) in [5.74, 6) is 0.171. The van der Waals surface area contributed by atoms with Crippen molar-refractivity contribution >= 4 is 29.9 Å². The van der Waals surface area contributed by atoms with E-state index < -0.39 is 13.5 Å². The van der Waals surface area contributed by atoms with Crippen molar-refractivity contribution in [1.29, 1.82) is 0 Å². The fourth-order valence-corrected chi connectivity index (χ4v) is 7.65. The van der Waals surface area contributed by atoms with Crippen LogP contribution in [0.3, 0.4) is 0 Å². The van der Waals surface area contributed by atoms with Crippen molar-refractivity contribution in [2.75, 3.05) is 26.2 Å². The number of benzene rings is 4. The molecule has 0 aromatic heterocycles. The van der Waals surface area contributed by atoms with E-state index in [0.29, 0.717) is 26.2 Å². The van der Waals surface area contributed by atoms with Crippen molar-refractivity contribution < 1.29 is 14.3 Å². The van der Waals surface area contributed by atoms with Crippen LogP contribution < -0.4 is 15.9 Å². The zero-order valence-corrected chi connectivity index (χ0v) is 29.3. The molecule has 0 aliphatic carbocycles. The van der Waals surface area contributed by atoms with Gasteiger partial charge in [0.1, 0.15) is 5.60 Å². The standard InChI is InChI=1S/C19H28N4O3.C18H15P.C2H6/c1-19(2,3)26-18(24)23-12-7-10-16(14-23)17(25-13-11-21-22-20)15-8-5-4-6-9-15;1-4-10-16(11-5-1)19(17-12-6-2-7-13-17)18-14-8-3-9-15-18;1-2/h4-6,8-9,16-17H,7,10-14H2,1-3H3;1-15H;1-2H3. The molecule has 5 rings (SSSR count). The number of likely N-dealkylation sites (tertiary alicyclic amines) is 1. The molecule has 0 N–H and O–H groups in total. The zero-order chi connectivity index (χ0) is 33.9. The molecule has 0 saturated carbocycles. The Kier molecular flexibility index (Phi) is 16.0. The maximum absolute atomic E-state index is 12.4. The minimum atomic E-state index is -0.505. The van der Waals surface area contributed by atoms with Gasteiger partial charge < -0.3 is 14.4 Å². The average Bonchev–Trinajstić information content (AvgIpc) is 3.11. The maximum atomic E-state index is 12.4. The van der Waals surface area contributed by atoms with Gasteiger partial charge in [0, 0.05) is 30.5 Å². The summed E-state index contributed by atoms with van der Waals surface area (Å²) >= 11 is 0. The summed E-state index contributed by atoms with van der Waals surface area (Å²) in [5, 5.41) is 7.73. The molecule has 2 unspecified atom stereocenters. The number of piperidine rings is 1. The maximum Gasteiger partial charge on any atom is 0.410 e. The number of amides is 1. The molecule has 248 valence electrons. The van der Waals surface area contributed by atoms with Crippen LogP contribution in [0.5, 0.6) is 0 Å². The number of hydrogen-bond acceptors (Lipinski definition) is 4. The summed E-state index contributed by atoms with van der Waals surface area (Å²) in [6, 6.07) is 42.3. The van der Waals surface area contributed by atoms with Crippen molar-refractivity contribution in [2.24, 2.45) is 11.0 Å². The number of nitrogens with zero attached hydrogens (tertiary/aromatic N) is 4. The first-order valence-corrected chi connectivity index (χ1v) is 17.8. The fraction of sp³-hybridized carbons (Fsp3) is 0.359. The first-order chi connectivity index (χ1) is 22.9. The summed E-state index contributed by atoms with van der Waals surface area (Å²) < 4.78 is 11.6. The highest BCUT2D eigenvalue weighted by atomic mass is 31.1. The van der Waals surface area contributed by atoms with Gasteiger partial charge >= 0.3 is 6.09 Å². The molecule has 2 atom stereocenters. The van der Waals surface area contributed by atoms with Gasteiger partial charge in [0.2, 0.25) is 0 Å². The van der Waals surface area contributed by atoms with E-state index in [1.54, 1.807) is 4.90 Å². The quantitative estimate of drug-likeness (QED) is 0.0594. The molecule has 0 spiro atoms. The largest absolute Gasteiger partial charge is 0.444 e. The van der Waals surface area contributed by atoms with E-state index in [-0.39, 0.29) is 18.1 Å². The molecule has 1 heterocycles. The molecular weight excluding hydrogens is 603 g/mol. The van der Waals surface area contributed by atoms with Crippen LogP contribution in [0.1, 0.15) is 59.1 Å². The minimum absolute atomic E-state index is 0.143. The van der Waals surface area contributed by atoms with Crippen LogP contribution in [0, 0.1) is 5.92 Å². The Morgan fingerprint density at radius 3 is 1.77 bits per heavy atom. The van der Waals surface area contributed by atoms with Crippen molar-refractivity contribution in [2.45, 2.75) is 59.2 Å². The molecule has 4 aromatic rings. The number of ether oxygens (including phenoxy) is 2. The zero-order valence-electron chi connectivity index (χ0n) is 28.4. The van der Waals surface area contributed by atoms with Crippen LogP contribution in [-0.2, 0) is 9.47 Å². The van der Waals surface area contributed by atoms with Gasteiger partial charge in [-0.25, -0.2) is 4.79 Å². The summed E-state index contributed by atoms with van der Waals surface area (Å²) in [5.41, 5.74) is 9.00. The molecule has 0 bridgehead atoms. The summed E-state index contributed by atoms with van der Waals surface area (Å²) in [7, 11) is -0.446. The van der Waals surface area contributed by atoms with E-state index in [1.165, 1.54) is 15.9 Å². The van der Waals surface area contributed by atoms with Crippen LogP contribution in [0.2, 0.25) is 0 Å². The number of rotatable bonds is 9. The van der Waals surface area contributed by atoms with E-state index in [4.69, 9.17) is 15.0 Å². The highest BCUT2D eigenvalue weighted by molar-refractivity contribution is 7.79. The first kappa shape index (κ1) is 37.3. The highest BCUT2D eigenvalue weighted by Gasteiger charge is 2.33. The third kappa shape index (κ3) is 12.5. The van der Waals surface area contributed by atoms with Gasteiger partial charge in [-0.05, 0) is 68.5 Å². The third-order valence-corrected chi connectivity index (χ3v) is 9.70. The van der Waals surface area contributed by atoms with Crippen LogP contribution in [0.25, 0.3) is 10.4 Å². The van der Waals surface area contributed by atoms with E-state index in [2.05, 4.69) is 101 Å². The lowest BCUT2D eigenvalue weighted by atomic mass is 9.88. The second kappa shape index (κ2) is 20.2. The van der Waals surface area contributed by atoms with Crippen molar-refractivity contribution in [3.8, 4) is 0 Å². The Labute approximate surface area is 282 Å². The van der Waals surface area contributed by atoms with Gasteiger partial charge in [-0.1, -0.05) is 140 Å². The van der Waals surface area contributed by atoms with E-state index >= 15 is 0 Å². The topological polar surface area (TPSA) is 87.5 Å². The number of carbonyl (C=O) groups is 1. The molecule has 7 nitrogen and oxygen atoms in total. The van der Waals surface area contributed by atoms with Gasteiger partial charge in [-0.15, -0.1) is 0 Å². The van der Waals surface area contributed by atoms with Gasteiger partial charge in [0.25, 0.3) is 0 Å². The predicted octanol–water partition coefficient (Wildman–Crippen LogP) is 9.17. The Bertz CT molecular complexity index is 1380. The molecule has 1 amide bonds. The van der Waals surface area contributed by atoms with Crippen LogP contribution in [0.4, 0.5) is 4.79 Å². The second-order valence-electron chi connectivity index (χ2n) is 11.8. The van der Waals surface area contributed by atoms with Crippen molar-refractivity contribution in [1.82, 2.24) is 4.90 Å². The molecular formula is C39H49N4O3P. The van der Waals surface area contributed by atoms with E-state index in [0.717, 1.165) is 18.4 Å². The predicted molar refractivity (Wildman–Crippen MR) is 196 cm³/mol. The average molecular weight is 653 g/mol. The molecule has 1 aliphatic heterocycles. The molecule has 4 aromatic carbocycles. The second-order valence-corrected chi connectivity index (χ2v) is 14.0. The van der Waals surface area contributed by atoms with E-state index in [1.807, 2.05) is 65.0 Å². The van der Waals surface area contributed by atoms with Crippen LogP contribution in [0.15, 0.2) is 126 Å². The van der Waals surface area contributed by atoms with Gasteiger partial charge in [0.05, 0.1) is 12.7 Å². The van der Waals surface area contributed by atoms with Crippen molar-refractivity contribution in [3.05, 3.63) is 137 Å². The summed E-state index contributed by atoms with van der Waals surface area (Å²) in [6.45, 7) is 11.6. The van der Waals surface area contributed by atoms with Crippen LogP contribution in [-0.4, -0.2) is 42.8 Å². The molecule has 8 heteroatoms. The SMILES string of the molecule is CC.CC(C)(C)OC(=O)N1CCCC(C(OCCN=[N+]=[N-])c2ccccc2)C1.c1ccc(P(c2ccccc2)c2ccccc2)cc1. The van der Waals surface area contributed by atoms with Gasteiger partial charge in [-0.3, -0.25) is 0 Å². The molecule has 1 saturated heterocycles.